The van der Waals surface area contributed by atoms with Crippen LogP contribution in [0.4, 0.5) is 0 Å². The lowest BCUT2D eigenvalue weighted by Gasteiger charge is -2.35. The second kappa shape index (κ2) is 6.52. The molecule has 15 heavy (non-hydrogen) atoms. The molecular formula is C14H29N. The minimum absolute atomic E-state index is 0.803. The van der Waals surface area contributed by atoms with E-state index in [-0.39, 0.29) is 0 Å². The van der Waals surface area contributed by atoms with Gasteiger partial charge in [-0.3, -0.25) is 0 Å². The van der Waals surface area contributed by atoms with Crippen LogP contribution in [0.3, 0.4) is 0 Å². The Morgan fingerprint density at radius 2 is 1.73 bits per heavy atom. The van der Waals surface area contributed by atoms with Crippen molar-refractivity contribution >= 4 is 0 Å². The predicted molar refractivity (Wildman–Crippen MR) is 68.0 cm³/mol. The lowest BCUT2D eigenvalue weighted by molar-refractivity contribution is 0.204. The van der Waals surface area contributed by atoms with Crippen LogP contribution in [0.5, 0.6) is 0 Å². The summed E-state index contributed by atoms with van der Waals surface area (Å²) < 4.78 is 0. The van der Waals surface area contributed by atoms with Crippen LogP contribution in [0.1, 0.15) is 59.8 Å². The van der Waals surface area contributed by atoms with E-state index in [2.05, 4.69) is 33.0 Å². The molecular weight excluding hydrogens is 182 g/mol. The molecule has 1 saturated carbocycles. The maximum absolute atomic E-state index is 3.78. The Morgan fingerprint density at radius 3 is 2.33 bits per heavy atom. The molecule has 0 aromatic carbocycles. The molecule has 0 bridgehead atoms. The lowest BCUT2D eigenvalue weighted by Crippen LogP contribution is -2.41. The fourth-order valence-corrected chi connectivity index (χ4v) is 2.77. The molecule has 0 radical (unpaired) electrons. The van der Waals surface area contributed by atoms with Crippen molar-refractivity contribution in [2.45, 2.75) is 65.8 Å². The maximum atomic E-state index is 3.78. The number of hydrogen-bond acceptors (Lipinski definition) is 1. The molecule has 2 atom stereocenters. The second-order valence-corrected chi connectivity index (χ2v) is 5.94. The normalized spacial score (nSPS) is 27.6. The first-order chi connectivity index (χ1) is 7.11. The molecule has 2 unspecified atom stereocenters. The Labute approximate surface area is 96.0 Å². The molecule has 0 spiro atoms. The van der Waals surface area contributed by atoms with Crippen LogP contribution in [0, 0.1) is 17.8 Å². The average Bonchev–Trinajstić information content (AvgIpc) is 2.17. The van der Waals surface area contributed by atoms with Gasteiger partial charge in [0.15, 0.2) is 0 Å². The van der Waals surface area contributed by atoms with Crippen molar-refractivity contribution in [3.05, 3.63) is 0 Å². The minimum atomic E-state index is 0.803. The molecule has 1 N–H and O–H groups in total. The highest BCUT2D eigenvalue weighted by molar-refractivity contribution is 4.82. The van der Waals surface area contributed by atoms with Gasteiger partial charge in [-0.25, -0.2) is 0 Å². The van der Waals surface area contributed by atoms with Gasteiger partial charge in [0.2, 0.25) is 0 Å². The fourth-order valence-electron chi connectivity index (χ4n) is 2.77. The zero-order chi connectivity index (χ0) is 11.3. The van der Waals surface area contributed by atoms with Gasteiger partial charge < -0.3 is 5.32 Å². The lowest BCUT2D eigenvalue weighted by atomic mass is 9.78. The third kappa shape index (κ3) is 4.55. The molecule has 0 aromatic rings. The first-order valence-corrected chi connectivity index (χ1v) is 6.84. The van der Waals surface area contributed by atoms with Gasteiger partial charge in [-0.15, -0.1) is 0 Å². The zero-order valence-electron chi connectivity index (χ0n) is 11.1. The highest BCUT2D eigenvalue weighted by atomic mass is 14.9. The highest BCUT2D eigenvalue weighted by Gasteiger charge is 2.26. The molecule has 1 heteroatoms. The first-order valence-electron chi connectivity index (χ1n) is 6.84. The fraction of sp³-hybridized carbons (Fsp3) is 1.00. The van der Waals surface area contributed by atoms with Crippen LogP contribution >= 0.6 is 0 Å². The van der Waals surface area contributed by atoms with E-state index in [0.29, 0.717) is 0 Å². The Hall–Kier alpha value is -0.0400. The molecule has 1 rings (SSSR count). The predicted octanol–water partition coefficient (Wildman–Crippen LogP) is 3.84. The van der Waals surface area contributed by atoms with Crippen LogP contribution in [-0.2, 0) is 0 Å². The summed E-state index contributed by atoms with van der Waals surface area (Å²) in [5.41, 5.74) is 0. The zero-order valence-corrected chi connectivity index (χ0v) is 11.1. The summed E-state index contributed by atoms with van der Waals surface area (Å²) in [5.74, 6) is 2.60. The SMILES string of the molecule is CC(C)CCNC1CCCCC1C(C)C. The third-order valence-electron chi connectivity index (χ3n) is 3.80. The Balaban J connectivity index is 2.29. The summed E-state index contributed by atoms with van der Waals surface area (Å²) in [5, 5.41) is 3.78. The van der Waals surface area contributed by atoms with Gasteiger partial charge >= 0.3 is 0 Å². The van der Waals surface area contributed by atoms with Crippen molar-refractivity contribution in [3.8, 4) is 0 Å². The van der Waals surface area contributed by atoms with E-state index in [1.807, 2.05) is 0 Å². The molecule has 0 aliphatic heterocycles. The van der Waals surface area contributed by atoms with E-state index in [9.17, 15) is 0 Å². The van der Waals surface area contributed by atoms with Crippen LogP contribution in [0.25, 0.3) is 0 Å². The average molecular weight is 211 g/mol. The third-order valence-corrected chi connectivity index (χ3v) is 3.80. The van der Waals surface area contributed by atoms with Crippen molar-refractivity contribution in [1.29, 1.82) is 0 Å². The summed E-state index contributed by atoms with van der Waals surface area (Å²) in [6.07, 6.45) is 7.05. The van der Waals surface area contributed by atoms with Crippen LogP contribution in [-0.4, -0.2) is 12.6 Å². The summed E-state index contributed by atoms with van der Waals surface area (Å²) in [4.78, 5) is 0. The second-order valence-electron chi connectivity index (χ2n) is 5.94. The molecule has 0 aromatic heterocycles. The minimum Gasteiger partial charge on any atom is -0.314 e. The van der Waals surface area contributed by atoms with Gasteiger partial charge in [0.05, 0.1) is 0 Å². The summed E-state index contributed by atoms with van der Waals surface area (Å²) in [6, 6.07) is 0.803. The standard InChI is InChI=1S/C14H29N/c1-11(2)9-10-15-14-8-6-5-7-13(14)12(3)4/h11-15H,5-10H2,1-4H3. The molecule has 1 fully saturated rings. The van der Waals surface area contributed by atoms with E-state index < -0.39 is 0 Å². The number of rotatable bonds is 5. The Morgan fingerprint density at radius 1 is 1.07 bits per heavy atom. The topological polar surface area (TPSA) is 12.0 Å². The van der Waals surface area contributed by atoms with Crippen molar-refractivity contribution in [2.75, 3.05) is 6.54 Å². The van der Waals surface area contributed by atoms with Crippen molar-refractivity contribution < 1.29 is 0 Å². The van der Waals surface area contributed by atoms with Crippen molar-refractivity contribution in [1.82, 2.24) is 5.32 Å². The van der Waals surface area contributed by atoms with Crippen LogP contribution in [0.2, 0.25) is 0 Å². The van der Waals surface area contributed by atoms with Gasteiger partial charge in [0.25, 0.3) is 0 Å². The van der Waals surface area contributed by atoms with E-state index in [4.69, 9.17) is 0 Å². The van der Waals surface area contributed by atoms with E-state index in [1.165, 1.54) is 38.6 Å². The van der Waals surface area contributed by atoms with Crippen LogP contribution in [0.15, 0.2) is 0 Å². The smallest absolute Gasteiger partial charge is 0.00977 e. The number of hydrogen-bond donors (Lipinski definition) is 1. The molecule has 0 heterocycles. The summed E-state index contributed by atoms with van der Waals surface area (Å²) >= 11 is 0. The Bertz CT molecular complexity index is 163. The van der Waals surface area contributed by atoms with Crippen molar-refractivity contribution in [3.63, 3.8) is 0 Å². The first kappa shape index (κ1) is 13.0. The van der Waals surface area contributed by atoms with Gasteiger partial charge in [-0.2, -0.15) is 0 Å². The van der Waals surface area contributed by atoms with E-state index >= 15 is 0 Å². The van der Waals surface area contributed by atoms with Gasteiger partial charge in [0, 0.05) is 6.04 Å². The van der Waals surface area contributed by atoms with E-state index in [0.717, 1.165) is 23.8 Å². The van der Waals surface area contributed by atoms with Gasteiger partial charge in [-0.05, 0) is 43.6 Å². The van der Waals surface area contributed by atoms with Gasteiger partial charge in [0.1, 0.15) is 0 Å². The number of nitrogens with one attached hydrogen (secondary N) is 1. The molecule has 90 valence electrons. The summed E-state index contributed by atoms with van der Waals surface area (Å²) in [6.45, 7) is 10.6. The highest BCUT2D eigenvalue weighted by Crippen LogP contribution is 2.30. The molecule has 0 saturated heterocycles. The van der Waals surface area contributed by atoms with Crippen LogP contribution < -0.4 is 5.32 Å². The molecule has 0 amide bonds. The quantitative estimate of drug-likeness (QED) is 0.728. The largest absolute Gasteiger partial charge is 0.314 e. The Kier molecular flexibility index (Phi) is 5.66. The van der Waals surface area contributed by atoms with Crippen molar-refractivity contribution in [2.24, 2.45) is 17.8 Å². The monoisotopic (exact) mass is 211 g/mol. The molecule has 1 aliphatic carbocycles. The maximum Gasteiger partial charge on any atom is 0.00977 e. The van der Waals surface area contributed by atoms with E-state index in [1.54, 1.807) is 0 Å². The van der Waals surface area contributed by atoms with Gasteiger partial charge in [-0.1, -0.05) is 40.5 Å². The molecule has 1 aliphatic rings. The summed E-state index contributed by atoms with van der Waals surface area (Å²) in [7, 11) is 0. The molecule has 1 nitrogen and oxygen atoms in total.